The Hall–Kier alpha value is -1.84. The molecule has 25 heavy (non-hydrogen) atoms. The summed E-state index contributed by atoms with van der Waals surface area (Å²) < 4.78 is 0. The first-order chi connectivity index (χ1) is 11.9. The average Bonchev–Trinajstić information content (AvgIpc) is 2.59. The second kappa shape index (κ2) is 7.59. The van der Waals surface area contributed by atoms with Crippen LogP contribution in [0, 0.1) is 0 Å². The number of carbonyl (C=O) groups is 1. The molecule has 0 aromatic heterocycles. The highest BCUT2D eigenvalue weighted by Crippen LogP contribution is 2.34. The van der Waals surface area contributed by atoms with E-state index in [0.717, 1.165) is 11.3 Å². The molecule has 0 aliphatic carbocycles. The first kappa shape index (κ1) is 18.0. The molecule has 3 aromatic carbocycles. The van der Waals surface area contributed by atoms with Crippen molar-refractivity contribution >= 4 is 35.7 Å². The van der Waals surface area contributed by atoms with Gasteiger partial charge in [-0.2, -0.15) is 0 Å². The third kappa shape index (κ3) is 4.62. The molecule has 0 bridgehead atoms. The topological polar surface area (TPSA) is 17.1 Å². The summed E-state index contributed by atoms with van der Waals surface area (Å²) in [5.41, 5.74) is 1.37. The van der Waals surface area contributed by atoms with Gasteiger partial charge in [0.15, 0.2) is 5.12 Å². The minimum Gasteiger partial charge on any atom is -0.287 e. The number of hydrogen-bond acceptors (Lipinski definition) is 2. The van der Waals surface area contributed by atoms with Crippen LogP contribution >= 0.6 is 11.8 Å². The number of hydrogen-bond donors (Lipinski definition) is 0. The van der Waals surface area contributed by atoms with Crippen molar-refractivity contribution in [2.24, 2.45) is 0 Å². The summed E-state index contributed by atoms with van der Waals surface area (Å²) in [4.78, 5) is 14.1. The molecule has 0 saturated carbocycles. The molecule has 0 N–H and O–H groups in total. The molecule has 0 unspecified atom stereocenters. The third-order valence-corrected chi connectivity index (χ3v) is 8.31. The molecule has 0 aliphatic rings. The standard InChI is InChI=1S/C22H24OSSi/c1-25(2,3)21(22(23)24-20-11-5-4-6-12-20)16-17-13-14-18-9-7-8-10-19(18)15-17/h4-15,21H,16H2,1-3H3/t21-/m0/s1. The summed E-state index contributed by atoms with van der Waals surface area (Å²) in [6.07, 6.45) is 0.833. The predicted octanol–water partition coefficient (Wildman–Crippen LogP) is 6.41. The lowest BCUT2D eigenvalue weighted by Gasteiger charge is -2.27. The maximum absolute atomic E-state index is 13.0. The van der Waals surface area contributed by atoms with Crippen molar-refractivity contribution in [3.05, 3.63) is 78.4 Å². The second-order valence-electron chi connectivity index (χ2n) is 7.54. The van der Waals surface area contributed by atoms with Gasteiger partial charge >= 0.3 is 0 Å². The van der Waals surface area contributed by atoms with Gasteiger partial charge in [0.2, 0.25) is 0 Å². The fraction of sp³-hybridized carbons (Fsp3) is 0.227. The minimum absolute atomic E-state index is 0.110. The summed E-state index contributed by atoms with van der Waals surface area (Å²) in [6, 6.07) is 25.0. The normalized spacial score (nSPS) is 12.9. The van der Waals surface area contributed by atoms with Gasteiger partial charge in [-0.15, -0.1) is 0 Å². The van der Waals surface area contributed by atoms with Gasteiger partial charge in [-0.1, -0.05) is 92.1 Å². The van der Waals surface area contributed by atoms with Crippen molar-refractivity contribution in [1.29, 1.82) is 0 Å². The smallest absolute Gasteiger partial charge is 0.194 e. The summed E-state index contributed by atoms with van der Waals surface area (Å²) in [6.45, 7) is 6.88. The largest absolute Gasteiger partial charge is 0.287 e. The van der Waals surface area contributed by atoms with E-state index in [0.29, 0.717) is 5.12 Å². The Morgan fingerprint density at radius 1 is 0.880 bits per heavy atom. The van der Waals surface area contributed by atoms with Gasteiger partial charge in [0, 0.05) is 10.4 Å². The van der Waals surface area contributed by atoms with Crippen molar-refractivity contribution in [3.63, 3.8) is 0 Å². The third-order valence-electron chi connectivity index (χ3n) is 4.55. The van der Waals surface area contributed by atoms with E-state index >= 15 is 0 Å². The molecule has 0 spiro atoms. The highest BCUT2D eigenvalue weighted by Gasteiger charge is 2.33. The van der Waals surface area contributed by atoms with Gasteiger partial charge in [-0.05, 0) is 34.9 Å². The van der Waals surface area contributed by atoms with Crippen molar-refractivity contribution < 1.29 is 4.79 Å². The van der Waals surface area contributed by atoms with Crippen LogP contribution in [0.15, 0.2) is 77.7 Å². The molecule has 0 aliphatic heterocycles. The zero-order valence-corrected chi connectivity index (χ0v) is 16.8. The minimum atomic E-state index is -1.62. The Kier molecular flexibility index (Phi) is 5.45. The van der Waals surface area contributed by atoms with Crippen LogP contribution in [-0.4, -0.2) is 13.2 Å². The number of carbonyl (C=O) groups excluding carboxylic acids is 1. The van der Waals surface area contributed by atoms with Crippen LogP contribution in [0.2, 0.25) is 25.2 Å². The Labute approximate surface area is 155 Å². The van der Waals surface area contributed by atoms with E-state index in [1.165, 1.54) is 28.1 Å². The molecule has 0 fully saturated rings. The Morgan fingerprint density at radius 3 is 2.20 bits per heavy atom. The molecule has 1 atom stereocenters. The van der Waals surface area contributed by atoms with E-state index in [1.54, 1.807) is 0 Å². The lowest BCUT2D eigenvalue weighted by atomic mass is 10.0. The molecule has 3 rings (SSSR count). The van der Waals surface area contributed by atoms with Crippen LogP contribution in [0.4, 0.5) is 0 Å². The van der Waals surface area contributed by atoms with Gasteiger partial charge in [0.25, 0.3) is 0 Å². The molecular formula is C22H24OSSi. The summed E-state index contributed by atoms with van der Waals surface area (Å²) >= 11 is 1.40. The quantitative estimate of drug-likeness (QED) is 0.384. The van der Waals surface area contributed by atoms with Crippen molar-refractivity contribution in [3.8, 4) is 0 Å². The fourth-order valence-electron chi connectivity index (χ4n) is 3.02. The Bertz CT molecular complexity index is 868. The first-order valence-corrected chi connectivity index (χ1v) is 13.1. The van der Waals surface area contributed by atoms with Gasteiger partial charge in [-0.25, -0.2) is 0 Å². The average molecular weight is 365 g/mol. The predicted molar refractivity (Wildman–Crippen MR) is 112 cm³/mol. The van der Waals surface area contributed by atoms with Crippen LogP contribution < -0.4 is 0 Å². The lowest BCUT2D eigenvalue weighted by Crippen LogP contribution is -2.34. The monoisotopic (exact) mass is 364 g/mol. The van der Waals surface area contributed by atoms with Crippen LogP contribution in [0.5, 0.6) is 0 Å². The number of fused-ring (bicyclic) bond motifs is 1. The van der Waals surface area contributed by atoms with Gasteiger partial charge in [0.05, 0.1) is 8.07 Å². The molecule has 0 heterocycles. The molecule has 1 nitrogen and oxygen atoms in total. The van der Waals surface area contributed by atoms with Crippen molar-refractivity contribution in [1.82, 2.24) is 0 Å². The molecular weight excluding hydrogens is 340 g/mol. The first-order valence-electron chi connectivity index (χ1n) is 8.68. The molecule has 128 valence electrons. The lowest BCUT2D eigenvalue weighted by molar-refractivity contribution is -0.111. The van der Waals surface area contributed by atoms with E-state index in [2.05, 4.69) is 62.1 Å². The molecule has 0 amide bonds. The zero-order chi connectivity index (χ0) is 17.9. The van der Waals surface area contributed by atoms with Gasteiger partial charge in [0.1, 0.15) is 0 Å². The number of thioether (sulfide) groups is 1. The van der Waals surface area contributed by atoms with E-state index in [9.17, 15) is 4.79 Å². The molecule has 3 heteroatoms. The number of rotatable bonds is 5. The highest BCUT2D eigenvalue weighted by atomic mass is 32.2. The summed E-state index contributed by atoms with van der Waals surface area (Å²) in [5, 5.41) is 2.80. The molecule has 0 saturated heterocycles. The zero-order valence-electron chi connectivity index (χ0n) is 15.0. The fourth-order valence-corrected chi connectivity index (χ4v) is 6.56. The van der Waals surface area contributed by atoms with E-state index in [-0.39, 0.29) is 5.54 Å². The maximum atomic E-state index is 13.0. The maximum Gasteiger partial charge on any atom is 0.194 e. The summed E-state index contributed by atoms with van der Waals surface area (Å²) in [7, 11) is -1.62. The van der Waals surface area contributed by atoms with E-state index in [4.69, 9.17) is 0 Å². The van der Waals surface area contributed by atoms with Crippen molar-refractivity contribution in [2.75, 3.05) is 0 Å². The molecule has 0 radical (unpaired) electrons. The van der Waals surface area contributed by atoms with Crippen LogP contribution in [0.1, 0.15) is 5.56 Å². The van der Waals surface area contributed by atoms with E-state index in [1.807, 2.05) is 30.3 Å². The van der Waals surface area contributed by atoms with Crippen LogP contribution in [0.3, 0.4) is 0 Å². The van der Waals surface area contributed by atoms with Crippen LogP contribution in [0.25, 0.3) is 10.8 Å². The SMILES string of the molecule is C[Si](C)(C)[C@@H](Cc1ccc2ccccc2c1)C(=O)Sc1ccccc1. The molecule has 3 aromatic rings. The van der Waals surface area contributed by atoms with Crippen molar-refractivity contribution in [2.45, 2.75) is 36.5 Å². The van der Waals surface area contributed by atoms with Crippen LogP contribution in [-0.2, 0) is 11.2 Å². The Balaban J connectivity index is 1.84. The number of benzene rings is 3. The van der Waals surface area contributed by atoms with Gasteiger partial charge in [-0.3, -0.25) is 4.79 Å². The highest BCUT2D eigenvalue weighted by molar-refractivity contribution is 8.14. The summed E-state index contributed by atoms with van der Waals surface area (Å²) in [5.74, 6) is 0. The second-order valence-corrected chi connectivity index (χ2v) is 14.0. The van der Waals surface area contributed by atoms with E-state index < -0.39 is 8.07 Å². The van der Waals surface area contributed by atoms with Gasteiger partial charge < -0.3 is 0 Å². The Morgan fingerprint density at radius 2 is 1.52 bits per heavy atom.